The molecule has 6 rings (SSSR count). The predicted molar refractivity (Wildman–Crippen MR) is 143 cm³/mol. The molecule has 0 saturated heterocycles. The summed E-state index contributed by atoms with van der Waals surface area (Å²) >= 11 is 0. The highest BCUT2D eigenvalue weighted by molar-refractivity contribution is 7.33. The lowest BCUT2D eigenvalue weighted by atomic mass is 10.0. The molecule has 4 aromatic rings. The van der Waals surface area contributed by atoms with E-state index in [1.54, 1.807) is 23.0 Å². The molecule has 0 fully saturated rings. The Labute approximate surface area is 200 Å². The van der Waals surface area contributed by atoms with E-state index in [1.807, 2.05) is 0 Å². The van der Waals surface area contributed by atoms with E-state index >= 15 is 0 Å². The van der Waals surface area contributed by atoms with Crippen LogP contribution in [0.5, 0.6) is 5.75 Å². The maximum Gasteiger partial charge on any atom is 0.126 e. The fraction of sp³-hybridized carbons (Fsp3) is 0.200. The minimum atomic E-state index is -0.893. The van der Waals surface area contributed by atoms with Crippen LogP contribution in [0.15, 0.2) is 72.8 Å². The zero-order chi connectivity index (χ0) is 22.7. The Morgan fingerprint density at radius 3 is 1.82 bits per heavy atom. The van der Waals surface area contributed by atoms with Crippen LogP contribution >= 0.6 is 0 Å². The Balaban J connectivity index is 1.57. The minimum absolute atomic E-state index is 0.563. The monoisotopic (exact) mass is 460 g/mol. The van der Waals surface area contributed by atoms with Gasteiger partial charge in [0.1, 0.15) is 14.1 Å². The highest BCUT2D eigenvalue weighted by atomic mass is 29.2. The highest BCUT2D eigenvalue weighted by Gasteiger charge is 2.34. The predicted octanol–water partition coefficient (Wildman–Crippen LogP) is 5.59. The van der Waals surface area contributed by atoms with Gasteiger partial charge >= 0.3 is 0 Å². The van der Waals surface area contributed by atoms with E-state index in [1.165, 1.54) is 44.5 Å². The second-order valence-corrected chi connectivity index (χ2v) is 17.8. The third kappa shape index (κ3) is 3.10. The lowest BCUT2D eigenvalue weighted by molar-refractivity contribution is 0.416. The Hall–Kier alpha value is -2.89. The molecule has 0 aromatic heterocycles. The fourth-order valence-electron chi connectivity index (χ4n) is 5.97. The van der Waals surface area contributed by atoms with Crippen LogP contribution in [0.2, 0.25) is 13.1 Å². The Bertz CT molecular complexity index is 1400. The Morgan fingerprint density at radius 1 is 0.667 bits per heavy atom. The van der Waals surface area contributed by atoms with Gasteiger partial charge in [-0.15, -0.1) is 0 Å². The number of methoxy groups -OCH3 is 1. The molecule has 3 heteroatoms. The summed E-state index contributed by atoms with van der Waals surface area (Å²) in [6.07, 6.45) is 2.10. The van der Waals surface area contributed by atoms with Gasteiger partial charge in [-0.1, -0.05) is 90.2 Å². The molecule has 4 aromatic carbocycles. The first kappa shape index (κ1) is 20.7. The molecular formula is C30H28OSi2. The number of hydrogen-bond acceptors (Lipinski definition) is 1. The highest BCUT2D eigenvalue weighted by Crippen LogP contribution is 2.42. The molecule has 0 atom stereocenters. The van der Waals surface area contributed by atoms with Crippen LogP contribution in [0, 0.1) is 6.92 Å². The van der Waals surface area contributed by atoms with Gasteiger partial charge < -0.3 is 4.74 Å². The Kier molecular flexibility index (Phi) is 4.93. The molecule has 0 spiro atoms. The molecule has 0 bridgehead atoms. The third-order valence-electron chi connectivity index (χ3n) is 7.36. The largest absolute Gasteiger partial charge is 0.496 e. The van der Waals surface area contributed by atoms with Gasteiger partial charge in [0.2, 0.25) is 0 Å². The normalized spacial score (nSPS) is 13.2. The molecule has 0 unspecified atom stereocenters. The fourth-order valence-corrected chi connectivity index (χ4v) is 13.5. The number of benzene rings is 4. The molecule has 2 aliphatic rings. The van der Waals surface area contributed by atoms with Crippen LogP contribution in [0.25, 0.3) is 22.3 Å². The smallest absolute Gasteiger partial charge is 0.126 e. The van der Waals surface area contributed by atoms with E-state index in [2.05, 4.69) is 92.8 Å². The second-order valence-electron chi connectivity index (χ2n) is 9.50. The van der Waals surface area contributed by atoms with Crippen molar-refractivity contribution in [3.05, 3.63) is 101 Å². The van der Waals surface area contributed by atoms with Crippen LogP contribution in [0.3, 0.4) is 0 Å². The summed E-state index contributed by atoms with van der Waals surface area (Å²) in [6.45, 7) is 7.32. The van der Waals surface area contributed by atoms with Gasteiger partial charge in [0.15, 0.2) is 0 Å². The van der Waals surface area contributed by atoms with Crippen molar-refractivity contribution in [2.45, 2.75) is 32.9 Å². The van der Waals surface area contributed by atoms with Gasteiger partial charge in [0.05, 0.1) is 7.11 Å². The van der Waals surface area contributed by atoms with Crippen molar-refractivity contribution < 1.29 is 4.74 Å². The molecule has 0 aliphatic heterocycles. The first-order valence-corrected chi connectivity index (χ1v) is 16.8. The molecular weight excluding hydrogens is 433 g/mol. The summed E-state index contributed by atoms with van der Waals surface area (Å²) in [5.74, 6) is 1.02. The standard InChI is InChI=1S/C30H28OSi2/c1-19-13-15-27(24-17-20-9-5-7-11-22(20)29(19)24)33(32(3)4)28-16-14-26(31-2)30-23-12-8-6-10-21(23)18-25(28)30/h5-16H,17-18H2,1-4H3. The van der Waals surface area contributed by atoms with Crippen LogP contribution in [0.1, 0.15) is 27.8 Å². The van der Waals surface area contributed by atoms with E-state index < -0.39 is 16.6 Å². The van der Waals surface area contributed by atoms with E-state index in [9.17, 15) is 0 Å². The van der Waals surface area contributed by atoms with Gasteiger partial charge in [-0.2, -0.15) is 0 Å². The maximum absolute atomic E-state index is 5.87. The molecule has 33 heavy (non-hydrogen) atoms. The molecule has 0 heterocycles. The number of fused-ring (bicyclic) bond motifs is 6. The summed E-state index contributed by atoms with van der Waals surface area (Å²) in [5.41, 5.74) is 13.1. The van der Waals surface area contributed by atoms with E-state index in [4.69, 9.17) is 4.74 Å². The summed E-state index contributed by atoms with van der Waals surface area (Å²) < 4.78 is 5.87. The van der Waals surface area contributed by atoms with Gasteiger partial charge in [-0.3, -0.25) is 0 Å². The summed E-state index contributed by atoms with van der Waals surface area (Å²) in [5, 5.41) is 3.24. The summed E-state index contributed by atoms with van der Waals surface area (Å²) in [6, 6.07) is 27.4. The number of hydrogen-bond donors (Lipinski definition) is 0. The van der Waals surface area contributed by atoms with Crippen molar-refractivity contribution >= 4 is 27.0 Å². The number of ether oxygens (including phenoxy) is 1. The molecule has 0 amide bonds. The van der Waals surface area contributed by atoms with Crippen molar-refractivity contribution in [2.75, 3.05) is 7.11 Å². The molecule has 162 valence electrons. The maximum atomic E-state index is 5.87. The molecule has 0 saturated carbocycles. The summed E-state index contributed by atoms with van der Waals surface area (Å²) in [7, 11) is 0.350. The zero-order valence-electron chi connectivity index (χ0n) is 19.8. The molecule has 0 N–H and O–H groups in total. The van der Waals surface area contributed by atoms with Gasteiger partial charge in [0.25, 0.3) is 0 Å². The topological polar surface area (TPSA) is 9.23 Å². The van der Waals surface area contributed by atoms with Crippen molar-refractivity contribution in [3.63, 3.8) is 0 Å². The lowest BCUT2D eigenvalue weighted by Crippen LogP contribution is -2.54. The third-order valence-corrected chi connectivity index (χ3v) is 15.0. The number of aryl methyl sites for hydroxylation is 1. The SMILES string of the molecule is COc1ccc([Si](c2ccc(C)c3c2Cc2ccccc2-3)[Si](C)C)c2c1-c1ccccc1C2. The van der Waals surface area contributed by atoms with E-state index in [-0.39, 0.29) is 0 Å². The van der Waals surface area contributed by atoms with Gasteiger partial charge in [0, 0.05) is 13.9 Å². The van der Waals surface area contributed by atoms with Crippen molar-refractivity contribution in [1.29, 1.82) is 0 Å². The Morgan fingerprint density at radius 2 is 1.21 bits per heavy atom. The minimum Gasteiger partial charge on any atom is -0.496 e. The van der Waals surface area contributed by atoms with Gasteiger partial charge in [-0.05, 0) is 70.3 Å². The first-order chi connectivity index (χ1) is 16.1. The molecule has 2 aliphatic carbocycles. The first-order valence-electron chi connectivity index (χ1n) is 11.8. The lowest BCUT2D eigenvalue weighted by Gasteiger charge is -2.25. The average Bonchev–Trinajstić information content (AvgIpc) is 3.40. The van der Waals surface area contributed by atoms with Crippen LogP contribution in [-0.2, 0) is 12.8 Å². The van der Waals surface area contributed by atoms with Crippen molar-refractivity contribution in [2.24, 2.45) is 0 Å². The zero-order valence-corrected chi connectivity index (χ0v) is 21.8. The van der Waals surface area contributed by atoms with E-state index in [0.29, 0.717) is 0 Å². The second kappa shape index (κ2) is 7.86. The quantitative estimate of drug-likeness (QED) is 0.312. The van der Waals surface area contributed by atoms with Crippen LogP contribution in [0.4, 0.5) is 0 Å². The van der Waals surface area contributed by atoms with Gasteiger partial charge in [-0.25, -0.2) is 0 Å². The van der Waals surface area contributed by atoms with Crippen LogP contribution < -0.4 is 15.1 Å². The summed E-state index contributed by atoms with van der Waals surface area (Å²) in [4.78, 5) is 0. The van der Waals surface area contributed by atoms with E-state index in [0.717, 1.165) is 18.6 Å². The molecule has 2 radical (unpaired) electrons. The van der Waals surface area contributed by atoms with Crippen LogP contribution in [-0.4, -0.2) is 23.7 Å². The van der Waals surface area contributed by atoms with Crippen molar-refractivity contribution in [1.82, 2.24) is 0 Å². The average molecular weight is 461 g/mol. The van der Waals surface area contributed by atoms with Crippen molar-refractivity contribution in [3.8, 4) is 28.0 Å². The molecule has 1 nitrogen and oxygen atoms in total. The number of rotatable bonds is 4.